The third-order valence-electron chi connectivity index (χ3n) is 9.66. The summed E-state index contributed by atoms with van der Waals surface area (Å²) in [6, 6.07) is 0. The van der Waals surface area contributed by atoms with Crippen LogP contribution >= 0.6 is 0 Å². The van der Waals surface area contributed by atoms with Gasteiger partial charge in [-0.1, -0.05) is 20.8 Å². The summed E-state index contributed by atoms with van der Waals surface area (Å²) in [5, 5.41) is 31.9. The zero-order valence-corrected chi connectivity index (χ0v) is 14.8. The molecule has 3 nitrogen and oxygen atoms in total. The van der Waals surface area contributed by atoms with E-state index in [4.69, 9.17) is 0 Å². The van der Waals surface area contributed by atoms with Crippen molar-refractivity contribution in [1.29, 1.82) is 0 Å². The van der Waals surface area contributed by atoms with Gasteiger partial charge in [0.15, 0.2) is 0 Å². The van der Waals surface area contributed by atoms with Crippen molar-refractivity contribution in [3.8, 4) is 0 Å². The lowest BCUT2D eigenvalue weighted by atomic mass is 9.38. The smallest absolute Gasteiger partial charge is 0.0585 e. The monoisotopic (exact) mass is 320 g/mol. The van der Waals surface area contributed by atoms with Crippen LogP contribution in [0.2, 0.25) is 0 Å². The van der Waals surface area contributed by atoms with Crippen molar-refractivity contribution in [2.75, 3.05) is 6.61 Å². The van der Waals surface area contributed by atoms with Gasteiger partial charge in [-0.15, -0.1) is 0 Å². The van der Waals surface area contributed by atoms with Gasteiger partial charge in [0.1, 0.15) is 0 Å². The van der Waals surface area contributed by atoms with E-state index in [1.807, 2.05) is 0 Å². The van der Waals surface area contributed by atoms with E-state index in [-0.39, 0.29) is 35.6 Å². The van der Waals surface area contributed by atoms with Crippen LogP contribution in [0.3, 0.4) is 0 Å². The first-order valence-electron chi connectivity index (χ1n) is 9.66. The highest BCUT2D eigenvalue weighted by Crippen LogP contribution is 2.85. The molecule has 0 aromatic carbocycles. The van der Waals surface area contributed by atoms with E-state index in [2.05, 4.69) is 20.8 Å². The summed E-state index contributed by atoms with van der Waals surface area (Å²) in [6.07, 6.45) is 5.62. The quantitative estimate of drug-likeness (QED) is 0.696. The molecule has 23 heavy (non-hydrogen) atoms. The molecule has 0 heterocycles. The predicted molar refractivity (Wildman–Crippen MR) is 87.5 cm³/mol. The molecule has 6 aliphatic carbocycles. The van der Waals surface area contributed by atoms with Gasteiger partial charge >= 0.3 is 0 Å². The number of hydrogen-bond acceptors (Lipinski definition) is 3. The average molecular weight is 320 g/mol. The second-order valence-corrected chi connectivity index (χ2v) is 10.9. The Bertz CT molecular complexity index is 563. The molecule has 4 bridgehead atoms. The third kappa shape index (κ3) is 1.54. The van der Waals surface area contributed by atoms with Crippen molar-refractivity contribution in [2.24, 2.45) is 45.3 Å². The maximum absolute atomic E-state index is 11.2. The number of rotatable bonds is 1. The Labute approximate surface area is 139 Å². The Morgan fingerprint density at radius 2 is 1.65 bits per heavy atom. The van der Waals surface area contributed by atoms with Gasteiger partial charge in [-0.2, -0.15) is 0 Å². The molecule has 3 N–H and O–H groups in total. The SMILES string of the molecule is C[C@]1(CO)C[C@@H](O)C[C@]2(C)[C@@H]1[C@H](O)C[C@@]13C[C@H]4[C@@H](C[C@H]12)[C@@]4(C)C3. The fraction of sp³-hybridized carbons (Fsp3) is 1.00. The highest BCUT2D eigenvalue weighted by atomic mass is 16.3. The first-order chi connectivity index (χ1) is 10.7. The molecule has 130 valence electrons. The Balaban J connectivity index is 1.60. The van der Waals surface area contributed by atoms with Gasteiger partial charge in [0.05, 0.1) is 12.2 Å². The molecule has 0 unspecified atom stereocenters. The van der Waals surface area contributed by atoms with Crippen LogP contribution in [0.25, 0.3) is 0 Å². The lowest BCUT2D eigenvalue weighted by Gasteiger charge is -2.67. The van der Waals surface area contributed by atoms with E-state index in [0.717, 1.165) is 24.7 Å². The minimum Gasteiger partial charge on any atom is -0.396 e. The summed E-state index contributed by atoms with van der Waals surface area (Å²) < 4.78 is 0. The van der Waals surface area contributed by atoms with Crippen molar-refractivity contribution in [3.63, 3.8) is 0 Å². The van der Waals surface area contributed by atoms with Gasteiger partial charge in [0.25, 0.3) is 0 Å². The summed E-state index contributed by atoms with van der Waals surface area (Å²) in [5.41, 5.74) is 0.502. The zero-order valence-electron chi connectivity index (χ0n) is 14.8. The second-order valence-electron chi connectivity index (χ2n) is 10.9. The molecule has 0 aromatic rings. The zero-order chi connectivity index (χ0) is 16.4. The van der Waals surface area contributed by atoms with E-state index >= 15 is 0 Å². The van der Waals surface area contributed by atoms with Crippen LogP contribution in [0.1, 0.15) is 59.3 Å². The van der Waals surface area contributed by atoms with Gasteiger partial charge in [-0.05, 0) is 83.9 Å². The van der Waals surface area contributed by atoms with Gasteiger partial charge < -0.3 is 15.3 Å². The first kappa shape index (κ1) is 15.2. The number of aliphatic hydroxyl groups is 3. The van der Waals surface area contributed by atoms with Gasteiger partial charge in [-0.25, -0.2) is 0 Å². The molecule has 6 fully saturated rings. The van der Waals surface area contributed by atoms with Crippen LogP contribution in [0.5, 0.6) is 0 Å². The van der Waals surface area contributed by atoms with Crippen LogP contribution in [0, 0.1) is 45.3 Å². The predicted octanol–water partition coefficient (Wildman–Crippen LogP) is 2.58. The Morgan fingerprint density at radius 3 is 2.26 bits per heavy atom. The molecule has 0 radical (unpaired) electrons. The fourth-order valence-electron chi connectivity index (χ4n) is 9.27. The van der Waals surface area contributed by atoms with Gasteiger partial charge in [0.2, 0.25) is 0 Å². The van der Waals surface area contributed by atoms with Crippen LogP contribution < -0.4 is 0 Å². The molecular formula is C20H32O3. The van der Waals surface area contributed by atoms with E-state index in [9.17, 15) is 15.3 Å². The molecule has 0 aromatic heterocycles. The number of fused-ring (bicyclic) bond motifs is 1. The maximum Gasteiger partial charge on any atom is 0.0585 e. The molecule has 0 saturated heterocycles. The average Bonchev–Trinajstić information content (AvgIpc) is 2.88. The normalized spacial score (nSPS) is 69.1. The molecule has 0 aliphatic heterocycles. The van der Waals surface area contributed by atoms with Crippen LogP contribution in [0.4, 0.5) is 0 Å². The Morgan fingerprint density at radius 1 is 0.913 bits per heavy atom. The summed E-state index contributed by atoms with van der Waals surface area (Å²) in [6.45, 7) is 6.97. The van der Waals surface area contributed by atoms with E-state index in [1.54, 1.807) is 0 Å². The number of aliphatic hydroxyl groups excluding tert-OH is 3. The van der Waals surface area contributed by atoms with Crippen LogP contribution in [-0.4, -0.2) is 34.1 Å². The highest BCUT2D eigenvalue weighted by molar-refractivity contribution is 5.28. The van der Waals surface area contributed by atoms with Crippen LogP contribution in [0.15, 0.2) is 0 Å². The molecule has 6 rings (SSSR count). The van der Waals surface area contributed by atoms with E-state index in [1.165, 1.54) is 19.3 Å². The molecule has 1 spiro atoms. The molecule has 10 atom stereocenters. The van der Waals surface area contributed by atoms with E-state index in [0.29, 0.717) is 23.2 Å². The number of hydrogen-bond donors (Lipinski definition) is 3. The van der Waals surface area contributed by atoms with Crippen molar-refractivity contribution >= 4 is 0 Å². The Hall–Kier alpha value is -0.120. The molecule has 0 amide bonds. The van der Waals surface area contributed by atoms with Gasteiger partial charge in [-0.3, -0.25) is 0 Å². The molecule has 6 saturated carbocycles. The molecule has 3 heteroatoms. The molecular weight excluding hydrogens is 288 g/mol. The Kier molecular flexibility index (Phi) is 2.63. The fourth-order valence-corrected chi connectivity index (χ4v) is 9.27. The third-order valence-corrected chi connectivity index (χ3v) is 9.66. The molecule has 6 aliphatic rings. The van der Waals surface area contributed by atoms with Crippen molar-refractivity contribution in [1.82, 2.24) is 0 Å². The topological polar surface area (TPSA) is 60.7 Å². The summed E-state index contributed by atoms with van der Waals surface area (Å²) in [4.78, 5) is 0. The van der Waals surface area contributed by atoms with Crippen molar-refractivity contribution in [2.45, 2.75) is 71.5 Å². The standard InChI is InChI=1S/C20H32O3/c1-17(10-21)5-11(22)6-18(2)15-4-12-13-7-20(15,9-19(12,13)3)8-14(23)16(17)18/h11-16,21-23H,4-10H2,1-3H3/t11-,12-,13+,14-,15+,16-,17-,18+,19-,20-/m1/s1. The lowest BCUT2D eigenvalue weighted by Crippen LogP contribution is -2.65. The summed E-state index contributed by atoms with van der Waals surface area (Å²) >= 11 is 0. The van der Waals surface area contributed by atoms with E-state index < -0.39 is 0 Å². The van der Waals surface area contributed by atoms with Crippen LogP contribution in [-0.2, 0) is 0 Å². The van der Waals surface area contributed by atoms with Crippen molar-refractivity contribution in [3.05, 3.63) is 0 Å². The highest BCUT2D eigenvalue weighted by Gasteiger charge is 2.79. The largest absolute Gasteiger partial charge is 0.396 e. The minimum atomic E-state index is -0.346. The van der Waals surface area contributed by atoms with Crippen molar-refractivity contribution < 1.29 is 15.3 Å². The maximum atomic E-state index is 11.2. The summed E-state index contributed by atoms with van der Waals surface area (Å²) in [7, 11) is 0. The first-order valence-corrected chi connectivity index (χ1v) is 9.66. The van der Waals surface area contributed by atoms with Gasteiger partial charge in [0, 0.05) is 6.61 Å². The minimum absolute atomic E-state index is 0.0261. The second kappa shape index (κ2) is 3.99. The lowest BCUT2D eigenvalue weighted by molar-refractivity contribution is -0.235. The summed E-state index contributed by atoms with van der Waals surface area (Å²) in [5.74, 6) is 2.55.